The van der Waals surface area contributed by atoms with Gasteiger partial charge < -0.3 is 14.8 Å². The van der Waals surface area contributed by atoms with E-state index in [0.29, 0.717) is 11.7 Å². The summed E-state index contributed by atoms with van der Waals surface area (Å²) < 4.78 is 7.29. The first-order chi connectivity index (χ1) is 9.25. The summed E-state index contributed by atoms with van der Waals surface area (Å²) >= 11 is 0. The maximum absolute atomic E-state index is 6.22. The van der Waals surface area contributed by atoms with Gasteiger partial charge in [0.1, 0.15) is 0 Å². The fraction of sp³-hybridized carbons (Fsp3) is 0.615. The molecule has 2 aromatic rings. The number of hydrogen-bond donors (Lipinski definition) is 1. The molecule has 2 N–H and O–H groups in total. The minimum atomic E-state index is 0.122. The van der Waals surface area contributed by atoms with Gasteiger partial charge in [-0.15, -0.1) is 0 Å². The Hall–Kier alpha value is -1.69. The average Bonchev–Trinajstić information content (AvgIpc) is 2.97. The van der Waals surface area contributed by atoms with Crippen molar-refractivity contribution < 1.29 is 4.52 Å². The van der Waals surface area contributed by atoms with Gasteiger partial charge >= 0.3 is 0 Å². The van der Waals surface area contributed by atoms with Gasteiger partial charge in [-0.25, -0.2) is 4.98 Å². The molecule has 0 radical (unpaired) electrons. The molecular formula is C13H19N5O. The Kier molecular flexibility index (Phi) is 3.33. The van der Waals surface area contributed by atoms with Crippen molar-refractivity contribution >= 4 is 0 Å². The van der Waals surface area contributed by atoms with Crippen LogP contribution in [0.25, 0.3) is 11.6 Å². The number of nitrogens with two attached hydrogens (primary N) is 1. The lowest BCUT2D eigenvalue weighted by Crippen LogP contribution is -2.27. The van der Waals surface area contributed by atoms with E-state index in [2.05, 4.69) is 15.1 Å². The van der Waals surface area contributed by atoms with Gasteiger partial charge in [-0.05, 0) is 12.8 Å². The summed E-state index contributed by atoms with van der Waals surface area (Å²) in [6.45, 7) is 0. The van der Waals surface area contributed by atoms with Crippen LogP contribution in [0.5, 0.6) is 0 Å². The normalized spacial score (nSPS) is 24.3. The van der Waals surface area contributed by atoms with E-state index in [1.807, 2.05) is 17.8 Å². The van der Waals surface area contributed by atoms with Gasteiger partial charge in [0.2, 0.25) is 11.7 Å². The minimum absolute atomic E-state index is 0.122. The third kappa shape index (κ3) is 2.40. The first kappa shape index (κ1) is 12.3. The summed E-state index contributed by atoms with van der Waals surface area (Å²) in [5, 5.41) is 4.03. The van der Waals surface area contributed by atoms with E-state index in [1.165, 1.54) is 19.3 Å². The Morgan fingerprint density at radius 3 is 2.95 bits per heavy atom. The van der Waals surface area contributed by atoms with Crippen LogP contribution < -0.4 is 5.73 Å². The zero-order valence-electron chi connectivity index (χ0n) is 11.1. The molecule has 102 valence electrons. The van der Waals surface area contributed by atoms with Crippen LogP contribution in [0.1, 0.15) is 43.9 Å². The minimum Gasteiger partial charge on any atom is -0.338 e. The van der Waals surface area contributed by atoms with Gasteiger partial charge in [0.05, 0.1) is 5.92 Å². The quantitative estimate of drug-likeness (QED) is 0.834. The van der Waals surface area contributed by atoms with Crippen LogP contribution in [-0.4, -0.2) is 25.7 Å². The Balaban J connectivity index is 1.86. The molecule has 0 spiro atoms. The first-order valence-corrected chi connectivity index (χ1v) is 6.82. The van der Waals surface area contributed by atoms with Crippen LogP contribution in [0.15, 0.2) is 16.9 Å². The SMILES string of the molecule is Cn1ccnc1-c1noc(C2CCCCCC2N)n1. The number of aryl methyl sites for hydroxylation is 1. The van der Waals surface area contributed by atoms with E-state index in [1.54, 1.807) is 6.20 Å². The summed E-state index contributed by atoms with van der Waals surface area (Å²) in [5.74, 6) is 2.10. The molecule has 2 aromatic heterocycles. The number of rotatable bonds is 2. The molecule has 6 heteroatoms. The highest BCUT2D eigenvalue weighted by Crippen LogP contribution is 2.30. The van der Waals surface area contributed by atoms with Crippen molar-refractivity contribution in [2.75, 3.05) is 0 Å². The molecule has 1 fully saturated rings. The van der Waals surface area contributed by atoms with Crippen molar-refractivity contribution in [2.24, 2.45) is 12.8 Å². The third-order valence-electron chi connectivity index (χ3n) is 3.85. The van der Waals surface area contributed by atoms with Crippen molar-refractivity contribution in [1.82, 2.24) is 19.7 Å². The second-order valence-electron chi connectivity index (χ2n) is 5.23. The standard InChI is InChI=1S/C13H19N5O/c1-18-8-7-15-12(18)11-16-13(19-17-11)9-5-3-2-4-6-10(9)14/h7-10H,2-6,14H2,1H3. The smallest absolute Gasteiger partial charge is 0.238 e. The molecule has 0 bridgehead atoms. The van der Waals surface area contributed by atoms with Crippen molar-refractivity contribution in [3.63, 3.8) is 0 Å². The van der Waals surface area contributed by atoms with Crippen LogP contribution in [0.2, 0.25) is 0 Å². The van der Waals surface area contributed by atoms with E-state index in [4.69, 9.17) is 10.3 Å². The Morgan fingerprint density at radius 1 is 1.32 bits per heavy atom. The van der Waals surface area contributed by atoms with Crippen LogP contribution >= 0.6 is 0 Å². The molecule has 2 unspecified atom stereocenters. The summed E-state index contributed by atoms with van der Waals surface area (Å²) in [5.41, 5.74) is 6.22. The maximum atomic E-state index is 6.22. The number of aromatic nitrogens is 4. The van der Waals surface area contributed by atoms with Gasteiger partial charge in [0.15, 0.2) is 5.82 Å². The summed E-state index contributed by atoms with van der Waals surface area (Å²) in [6.07, 6.45) is 9.26. The summed E-state index contributed by atoms with van der Waals surface area (Å²) in [7, 11) is 1.91. The van der Waals surface area contributed by atoms with Gasteiger partial charge in [-0.1, -0.05) is 24.4 Å². The van der Waals surface area contributed by atoms with Crippen molar-refractivity contribution in [1.29, 1.82) is 0 Å². The predicted molar refractivity (Wildman–Crippen MR) is 70.3 cm³/mol. The van der Waals surface area contributed by atoms with Crippen LogP contribution in [0.3, 0.4) is 0 Å². The topological polar surface area (TPSA) is 82.8 Å². The number of imidazole rings is 1. The molecule has 0 aromatic carbocycles. The molecule has 6 nitrogen and oxygen atoms in total. The number of hydrogen-bond acceptors (Lipinski definition) is 5. The molecule has 19 heavy (non-hydrogen) atoms. The van der Waals surface area contributed by atoms with E-state index >= 15 is 0 Å². The highest BCUT2D eigenvalue weighted by molar-refractivity contribution is 5.42. The van der Waals surface area contributed by atoms with Crippen molar-refractivity contribution in [3.05, 3.63) is 18.3 Å². The van der Waals surface area contributed by atoms with Gasteiger partial charge in [0.25, 0.3) is 0 Å². The lowest BCUT2D eigenvalue weighted by atomic mass is 9.95. The Morgan fingerprint density at radius 2 is 2.16 bits per heavy atom. The summed E-state index contributed by atoms with van der Waals surface area (Å²) in [6, 6.07) is 0.122. The van der Waals surface area contributed by atoms with Gasteiger partial charge in [-0.3, -0.25) is 0 Å². The molecule has 3 rings (SSSR count). The van der Waals surface area contributed by atoms with E-state index in [-0.39, 0.29) is 12.0 Å². The molecule has 1 saturated carbocycles. The monoisotopic (exact) mass is 261 g/mol. The van der Waals surface area contributed by atoms with Crippen molar-refractivity contribution in [2.45, 2.75) is 44.1 Å². The van der Waals surface area contributed by atoms with Crippen molar-refractivity contribution in [3.8, 4) is 11.6 Å². The highest BCUT2D eigenvalue weighted by atomic mass is 16.5. The van der Waals surface area contributed by atoms with Crippen LogP contribution in [0, 0.1) is 0 Å². The summed E-state index contributed by atoms with van der Waals surface area (Å²) in [4.78, 5) is 8.72. The molecule has 2 heterocycles. The van der Waals surface area contributed by atoms with Crippen LogP contribution in [-0.2, 0) is 7.05 Å². The second-order valence-corrected chi connectivity index (χ2v) is 5.23. The highest BCUT2D eigenvalue weighted by Gasteiger charge is 2.27. The lowest BCUT2D eigenvalue weighted by molar-refractivity contribution is 0.325. The molecule has 1 aliphatic carbocycles. The molecule has 0 saturated heterocycles. The fourth-order valence-electron chi connectivity index (χ4n) is 2.70. The van der Waals surface area contributed by atoms with E-state index in [0.717, 1.165) is 18.7 Å². The predicted octanol–water partition coefficient (Wildman–Crippen LogP) is 1.85. The molecule has 2 atom stereocenters. The Labute approximate surface area is 112 Å². The van der Waals surface area contributed by atoms with Gasteiger partial charge in [-0.2, -0.15) is 4.98 Å². The van der Waals surface area contributed by atoms with E-state index in [9.17, 15) is 0 Å². The molecule has 0 amide bonds. The zero-order chi connectivity index (χ0) is 13.2. The number of nitrogens with zero attached hydrogens (tertiary/aromatic N) is 4. The fourth-order valence-corrected chi connectivity index (χ4v) is 2.70. The molecule has 0 aliphatic heterocycles. The first-order valence-electron chi connectivity index (χ1n) is 6.82. The van der Waals surface area contributed by atoms with E-state index < -0.39 is 0 Å². The maximum Gasteiger partial charge on any atom is 0.238 e. The molecular weight excluding hydrogens is 242 g/mol. The lowest BCUT2D eigenvalue weighted by Gasteiger charge is -2.16. The second kappa shape index (κ2) is 5.13. The molecule has 1 aliphatic rings. The Bertz CT molecular complexity index is 547. The average molecular weight is 261 g/mol. The van der Waals surface area contributed by atoms with Crippen LogP contribution in [0.4, 0.5) is 0 Å². The third-order valence-corrected chi connectivity index (χ3v) is 3.85. The largest absolute Gasteiger partial charge is 0.338 e. The van der Waals surface area contributed by atoms with Gasteiger partial charge in [0, 0.05) is 25.5 Å². The zero-order valence-corrected chi connectivity index (χ0v) is 11.1.